The van der Waals surface area contributed by atoms with Crippen LogP contribution in [0.4, 0.5) is 0 Å². The molecule has 0 heterocycles. The van der Waals surface area contributed by atoms with Crippen molar-refractivity contribution in [1.29, 1.82) is 0 Å². The smallest absolute Gasteiger partial charge is 0.264 e. The standard InChI is InChI=1S/C10H16O4S/c1-4-7-10(8-5-2,9-6-3)14-15(11,12)13/h4-6H,1-3,7-9H2,(H,11,12,13). The molecule has 0 aliphatic carbocycles. The fourth-order valence-corrected chi connectivity index (χ4v) is 2.02. The van der Waals surface area contributed by atoms with E-state index in [0.717, 1.165) is 0 Å². The molecule has 86 valence electrons. The van der Waals surface area contributed by atoms with E-state index in [1.807, 2.05) is 0 Å². The molecule has 0 unspecified atom stereocenters. The summed E-state index contributed by atoms with van der Waals surface area (Å²) in [4.78, 5) is 0. The van der Waals surface area contributed by atoms with Gasteiger partial charge in [-0.25, -0.2) is 4.18 Å². The molecule has 0 atom stereocenters. The van der Waals surface area contributed by atoms with Gasteiger partial charge in [0.05, 0.1) is 0 Å². The van der Waals surface area contributed by atoms with Crippen LogP contribution in [0.2, 0.25) is 0 Å². The van der Waals surface area contributed by atoms with Crippen molar-refractivity contribution < 1.29 is 17.2 Å². The first-order valence-electron chi connectivity index (χ1n) is 4.40. The molecule has 5 heteroatoms. The van der Waals surface area contributed by atoms with Crippen molar-refractivity contribution in [3.63, 3.8) is 0 Å². The van der Waals surface area contributed by atoms with Crippen LogP contribution >= 0.6 is 0 Å². The molecule has 0 spiro atoms. The Balaban J connectivity index is 4.99. The van der Waals surface area contributed by atoms with Gasteiger partial charge in [0.2, 0.25) is 0 Å². The van der Waals surface area contributed by atoms with Crippen LogP contribution in [0, 0.1) is 0 Å². The first-order chi connectivity index (χ1) is 6.89. The highest BCUT2D eigenvalue weighted by molar-refractivity contribution is 7.80. The summed E-state index contributed by atoms with van der Waals surface area (Å²) in [6.07, 6.45) is 5.43. The average molecular weight is 232 g/mol. The Morgan fingerprint density at radius 1 is 1.07 bits per heavy atom. The maximum atomic E-state index is 10.7. The van der Waals surface area contributed by atoms with E-state index in [1.54, 1.807) is 0 Å². The zero-order chi connectivity index (χ0) is 11.9. The minimum atomic E-state index is -4.49. The van der Waals surface area contributed by atoms with E-state index < -0.39 is 16.0 Å². The Kier molecular flexibility index (Phi) is 5.49. The molecule has 0 fully saturated rings. The van der Waals surface area contributed by atoms with Gasteiger partial charge >= 0.3 is 10.4 Å². The van der Waals surface area contributed by atoms with Crippen molar-refractivity contribution in [2.45, 2.75) is 24.9 Å². The third-order valence-electron chi connectivity index (χ3n) is 1.83. The van der Waals surface area contributed by atoms with Crippen LogP contribution in [0.1, 0.15) is 19.3 Å². The minimum Gasteiger partial charge on any atom is -0.264 e. The maximum absolute atomic E-state index is 10.7. The summed E-state index contributed by atoms with van der Waals surface area (Å²) < 4.78 is 34.7. The predicted molar refractivity (Wildman–Crippen MR) is 59.8 cm³/mol. The van der Waals surface area contributed by atoms with Gasteiger partial charge in [0.1, 0.15) is 5.60 Å². The van der Waals surface area contributed by atoms with E-state index in [1.165, 1.54) is 18.2 Å². The third-order valence-corrected chi connectivity index (χ3v) is 2.40. The van der Waals surface area contributed by atoms with E-state index >= 15 is 0 Å². The van der Waals surface area contributed by atoms with Gasteiger partial charge in [-0.3, -0.25) is 4.55 Å². The van der Waals surface area contributed by atoms with E-state index in [4.69, 9.17) is 4.55 Å². The van der Waals surface area contributed by atoms with Crippen LogP contribution in [-0.2, 0) is 14.6 Å². The Labute approximate surface area is 90.9 Å². The molecule has 0 rings (SSSR count). The fourth-order valence-electron chi connectivity index (χ4n) is 1.36. The monoisotopic (exact) mass is 232 g/mol. The lowest BCUT2D eigenvalue weighted by atomic mass is 9.92. The Bertz CT molecular complexity index is 303. The van der Waals surface area contributed by atoms with Gasteiger partial charge in [-0.1, -0.05) is 18.2 Å². The van der Waals surface area contributed by atoms with Crippen molar-refractivity contribution in [3.05, 3.63) is 38.0 Å². The molecule has 0 radical (unpaired) electrons. The largest absolute Gasteiger partial charge is 0.397 e. The molecule has 0 aromatic heterocycles. The summed E-state index contributed by atoms with van der Waals surface area (Å²) in [5.74, 6) is 0. The normalized spacial score (nSPS) is 12.1. The molecule has 0 bridgehead atoms. The number of hydrogen-bond donors (Lipinski definition) is 1. The van der Waals surface area contributed by atoms with Crippen molar-refractivity contribution in [2.24, 2.45) is 0 Å². The highest BCUT2D eigenvalue weighted by Crippen LogP contribution is 2.28. The zero-order valence-corrected chi connectivity index (χ0v) is 9.37. The lowest BCUT2D eigenvalue weighted by Gasteiger charge is -2.28. The Hall–Kier alpha value is -0.910. The van der Waals surface area contributed by atoms with Crippen LogP contribution in [0.25, 0.3) is 0 Å². The molecule has 0 saturated carbocycles. The van der Waals surface area contributed by atoms with Gasteiger partial charge in [-0.2, -0.15) is 8.42 Å². The molecule has 0 aromatic carbocycles. The van der Waals surface area contributed by atoms with Crippen molar-refractivity contribution in [1.82, 2.24) is 0 Å². The second-order valence-corrected chi connectivity index (χ2v) is 4.19. The second kappa shape index (κ2) is 5.85. The van der Waals surface area contributed by atoms with Gasteiger partial charge in [-0.05, 0) is 19.3 Å². The molecule has 15 heavy (non-hydrogen) atoms. The topological polar surface area (TPSA) is 63.6 Å². The van der Waals surface area contributed by atoms with E-state index in [0.29, 0.717) is 0 Å². The molecule has 1 N–H and O–H groups in total. The molecular weight excluding hydrogens is 216 g/mol. The first-order valence-corrected chi connectivity index (χ1v) is 5.76. The average Bonchev–Trinajstić information content (AvgIpc) is 2.01. The second-order valence-electron chi connectivity index (χ2n) is 3.17. The van der Waals surface area contributed by atoms with E-state index in [2.05, 4.69) is 23.9 Å². The van der Waals surface area contributed by atoms with Gasteiger partial charge in [0, 0.05) is 0 Å². The van der Waals surface area contributed by atoms with Crippen LogP contribution in [-0.4, -0.2) is 18.6 Å². The van der Waals surface area contributed by atoms with Crippen molar-refractivity contribution in [3.8, 4) is 0 Å². The quantitative estimate of drug-likeness (QED) is 0.515. The van der Waals surface area contributed by atoms with Crippen LogP contribution in [0.5, 0.6) is 0 Å². The summed E-state index contributed by atoms with van der Waals surface area (Å²) in [6, 6.07) is 0. The first kappa shape index (κ1) is 14.1. The molecule has 0 saturated heterocycles. The van der Waals surface area contributed by atoms with E-state index in [-0.39, 0.29) is 19.3 Å². The van der Waals surface area contributed by atoms with Gasteiger partial charge in [0.15, 0.2) is 0 Å². The van der Waals surface area contributed by atoms with Gasteiger partial charge in [0.25, 0.3) is 0 Å². The number of rotatable bonds is 8. The SMILES string of the molecule is C=CCC(CC=C)(CC=C)OS(=O)(=O)O. The summed E-state index contributed by atoms with van der Waals surface area (Å²) in [6.45, 7) is 10.5. The summed E-state index contributed by atoms with van der Waals surface area (Å²) >= 11 is 0. The molecule has 0 aliphatic heterocycles. The minimum absolute atomic E-state index is 0.283. The highest BCUT2D eigenvalue weighted by Gasteiger charge is 2.32. The summed E-state index contributed by atoms with van der Waals surface area (Å²) in [5, 5.41) is 0. The lowest BCUT2D eigenvalue weighted by Crippen LogP contribution is -2.33. The molecule has 0 aliphatic rings. The molecular formula is C10H16O4S. The lowest BCUT2D eigenvalue weighted by molar-refractivity contribution is 0.0706. The van der Waals surface area contributed by atoms with Crippen molar-refractivity contribution >= 4 is 10.4 Å². The molecule has 0 amide bonds. The third kappa shape index (κ3) is 5.51. The maximum Gasteiger partial charge on any atom is 0.397 e. The van der Waals surface area contributed by atoms with Gasteiger partial charge < -0.3 is 0 Å². The number of hydrogen-bond acceptors (Lipinski definition) is 3. The van der Waals surface area contributed by atoms with Crippen LogP contribution < -0.4 is 0 Å². The molecule has 0 aromatic rings. The predicted octanol–water partition coefficient (Wildman–Crippen LogP) is 2.27. The zero-order valence-electron chi connectivity index (χ0n) is 8.55. The summed E-state index contributed by atoms with van der Waals surface area (Å²) in [7, 11) is -4.49. The van der Waals surface area contributed by atoms with Crippen molar-refractivity contribution in [2.75, 3.05) is 0 Å². The Morgan fingerprint density at radius 3 is 1.60 bits per heavy atom. The highest BCUT2D eigenvalue weighted by atomic mass is 32.3. The van der Waals surface area contributed by atoms with Gasteiger partial charge in [-0.15, -0.1) is 19.7 Å². The van der Waals surface area contributed by atoms with E-state index in [9.17, 15) is 8.42 Å². The fraction of sp³-hybridized carbons (Fsp3) is 0.400. The molecule has 4 nitrogen and oxygen atoms in total. The summed E-state index contributed by atoms with van der Waals surface area (Å²) in [5.41, 5.74) is -1.06. The Morgan fingerprint density at radius 2 is 1.40 bits per heavy atom. The van der Waals surface area contributed by atoms with Crippen LogP contribution in [0.15, 0.2) is 38.0 Å². The van der Waals surface area contributed by atoms with Crippen LogP contribution in [0.3, 0.4) is 0 Å².